The van der Waals surface area contributed by atoms with Crippen molar-refractivity contribution in [1.82, 2.24) is 4.90 Å². The van der Waals surface area contributed by atoms with Gasteiger partial charge >= 0.3 is 0 Å². The van der Waals surface area contributed by atoms with Crippen molar-refractivity contribution in [3.63, 3.8) is 0 Å². The van der Waals surface area contributed by atoms with Crippen molar-refractivity contribution >= 4 is 5.97 Å². The number of nitrogens with zero attached hydrogens (tertiary/aromatic N) is 1. The number of β-amino-alcohol motifs (C(OH)–C–C–N with tert-alkyl or cyclic N) is 1. The maximum atomic E-state index is 10.8. The van der Waals surface area contributed by atoms with Crippen LogP contribution in [0.2, 0.25) is 0 Å². The van der Waals surface area contributed by atoms with Gasteiger partial charge in [0.25, 0.3) is 0 Å². The largest absolute Gasteiger partial charge is 0.550 e. The van der Waals surface area contributed by atoms with Gasteiger partial charge in [-0.05, 0) is 25.5 Å². The molecule has 4 nitrogen and oxygen atoms in total. The Bertz CT molecular complexity index is 460. The summed E-state index contributed by atoms with van der Waals surface area (Å²) < 4.78 is 0. The summed E-state index contributed by atoms with van der Waals surface area (Å²) in [4.78, 5) is 11.4. The molecule has 4 heteroatoms. The van der Waals surface area contributed by atoms with Crippen molar-refractivity contribution in [3.05, 3.63) is 48.6 Å². The van der Waals surface area contributed by atoms with E-state index in [0.717, 1.165) is 18.5 Å². The third kappa shape index (κ3) is 4.69. The summed E-state index contributed by atoms with van der Waals surface area (Å²) in [7, 11) is 2.05. The molecule has 1 fully saturated rings. The van der Waals surface area contributed by atoms with E-state index in [0.29, 0.717) is 6.54 Å². The minimum absolute atomic E-state index is 0.111. The first-order valence-electron chi connectivity index (χ1n) is 7.21. The molecule has 0 saturated carbocycles. The molecule has 1 N–H and O–H groups in total. The number of carbonyl (C=O) groups is 1. The molecule has 1 heterocycles. The van der Waals surface area contributed by atoms with Crippen molar-refractivity contribution in [1.29, 1.82) is 0 Å². The first-order valence-corrected chi connectivity index (χ1v) is 7.21. The first-order chi connectivity index (χ1) is 9.93. The second-order valence-electron chi connectivity index (χ2n) is 5.43. The van der Waals surface area contributed by atoms with Crippen LogP contribution < -0.4 is 5.11 Å². The number of carbonyl (C=O) groups excluding carboxylic acids is 1. The number of hydrogen-bond donors (Lipinski definition) is 1. The minimum atomic E-state index is -0.995. The van der Waals surface area contributed by atoms with Gasteiger partial charge in [-0.1, -0.05) is 43.3 Å². The summed E-state index contributed by atoms with van der Waals surface area (Å²) in [6, 6.07) is 9.96. The molecule has 0 aromatic heterocycles. The molecule has 0 aliphatic carbocycles. The standard InChI is InChI=1S/C14H19NO.C3H6O2/c1-3-7-13-10-15(2)11-14(13,16)12-8-5-4-6-9-12;1-2-3(4)5/h3-6,8-9,13,16H,1,7,10-11H2,2H3;2H2,1H3,(H,4,5)/p-1. The number of hydrogen-bond acceptors (Lipinski definition) is 4. The van der Waals surface area contributed by atoms with Crippen LogP contribution in [-0.4, -0.2) is 36.1 Å². The number of likely N-dealkylation sites (N-methyl/N-ethyl adjacent to an activating group) is 1. The molecule has 1 saturated heterocycles. The van der Waals surface area contributed by atoms with Gasteiger partial charge < -0.3 is 19.9 Å². The fraction of sp³-hybridized carbons (Fsp3) is 0.471. The molecular formula is C17H24NO3-. The van der Waals surface area contributed by atoms with Crippen molar-refractivity contribution in [2.24, 2.45) is 5.92 Å². The molecule has 0 amide bonds. The van der Waals surface area contributed by atoms with E-state index in [1.807, 2.05) is 36.4 Å². The Labute approximate surface area is 126 Å². The second kappa shape index (κ2) is 7.96. The Morgan fingerprint density at radius 1 is 1.52 bits per heavy atom. The molecule has 2 unspecified atom stereocenters. The molecule has 2 atom stereocenters. The minimum Gasteiger partial charge on any atom is -0.550 e. The van der Waals surface area contributed by atoms with Crippen molar-refractivity contribution in [2.45, 2.75) is 25.4 Å². The monoisotopic (exact) mass is 290 g/mol. The number of carboxylic acids is 1. The number of rotatable bonds is 4. The molecule has 1 aliphatic rings. The van der Waals surface area contributed by atoms with Gasteiger partial charge in [-0.2, -0.15) is 0 Å². The molecule has 0 bridgehead atoms. The number of aliphatic hydroxyl groups is 1. The number of benzene rings is 1. The highest BCUT2D eigenvalue weighted by molar-refractivity contribution is 5.63. The quantitative estimate of drug-likeness (QED) is 0.845. The number of allylic oxidation sites excluding steroid dienone is 1. The maximum absolute atomic E-state index is 10.8. The predicted octanol–water partition coefficient (Wildman–Crippen LogP) is 1.16. The molecule has 2 rings (SSSR count). The third-order valence-corrected chi connectivity index (χ3v) is 3.73. The van der Waals surface area contributed by atoms with Crippen LogP contribution in [0.25, 0.3) is 0 Å². The zero-order valence-electron chi connectivity index (χ0n) is 12.8. The van der Waals surface area contributed by atoms with E-state index < -0.39 is 11.6 Å². The second-order valence-corrected chi connectivity index (χ2v) is 5.43. The van der Waals surface area contributed by atoms with Crippen molar-refractivity contribution in [2.75, 3.05) is 20.1 Å². The van der Waals surface area contributed by atoms with Crippen LogP contribution in [0.1, 0.15) is 25.3 Å². The Morgan fingerprint density at radius 3 is 2.57 bits per heavy atom. The van der Waals surface area contributed by atoms with E-state index in [1.54, 1.807) is 0 Å². The van der Waals surface area contributed by atoms with Gasteiger partial charge in [-0.15, -0.1) is 6.58 Å². The van der Waals surface area contributed by atoms with Crippen molar-refractivity contribution < 1.29 is 15.0 Å². The Morgan fingerprint density at radius 2 is 2.10 bits per heavy atom. The van der Waals surface area contributed by atoms with E-state index >= 15 is 0 Å². The van der Waals surface area contributed by atoms with Gasteiger partial charge in [0.2, 0.25) is 0 Å². The number of likely N-dealkylation sites (tertiary alicyclic amines) is 1. The van der Waals surface area contributed by atoms with Gasteiger partial charge in [0, 0.05) is 25.0 Å². The third-order valence-electron chi connectivity index (χ3n) is 3.73. The van der Waals surface area contributed by atoms with E-state index in [1.165, 1.54) is 6.92 Å². The molecule has 21 heavy (non-hydrogen) atoms. The molecule has 116 valence electrons. The molecule has 1 aromatic carbocycles. The summed E-state index contributed by atoms with van der Waals surface area (Å²) in [5.41, 5.74) is 0.302. The van der Waals surface area contributed by atoms with Crippen LogP contribution in [0.4, 0.5) is 0 Å². The fourth-order valence-corrected chi connectivity index (χ4v) is 2.66. The van der Waals surface area contributed by atoms with E-state index in [4.69, 9.17) is 0 Å². The molecule has 1 aliphatic heterocycles. The van der Waals surface area contributed by atoms with Crippen LogP contribution >= 0.6 is 0 Å². The summed E-state index contributed by atoms with van der Waals surface area (Å²) in [6.07, 6.45) is 2.87. The lowest BCUT2D eigenvalue weighted by atomic mass is 9.82. The Kier molecular flexibility index (Phi) is 6.59. The van der Waals surface area contributed by atoms with Crippen LogP contribution in [0.3, 0.4) is 0 Å². The average Bonchev–Trinajstić information content (AvgIpc) is 2.76. The predicted molar refractivity (Wildman–Crippen MR) is 81.4 cm³/mol. The fourth-order valence-electron chi connectivity index (χ4n) is 2.66. The summed E-state index contributed by atoms with van der Waals surface area (Å²) in [5.74, 6) is -0.748. The van der Waals surface area contributed by atoms with Gasteiger partial charge in [-0.25, -0.2) is 0 Å². The molecule has 0 spiro atoms. The normalized spacial score (nSPS) is 25.0. The van der Waals surface area contributed by atoms with E-state index in [-0.39, 0.29) is 12.3 Å². The van der Waals surface area contributed by atoms with Crippen molar-refractivity contribution in [3.8, 4) is 0 Å². The highest BCUT2D eigenvalue weighted by Crippen LogP contribution is 2.38. The first kappa shape index (κ1) is 17.4. The zero-order chi connectivity index (χ0) is 15.9. The highest BCUT2D eigenvalue weighted by atomic mass is 16.4. The number of carboxylic acid groups (broad SMARTS) is 1. The SMILES string of the molecule is C=CCC1CN(C)CC1(O)c1ccccc1.CCC(=O)[O-]. The Hall–Kier alpha value is -1.65. The van der Waals surface area contributed by atoms with Gasteiger partial charge in [0.1, 0.15) is 5.60 Å². The van der Waals surface area contributed by atoms with Crippen LogP contribution in [-0.2, 0) is 10.4 Å². The lowest BCUT2D eigenvalue weighted by Gasteiger charge is -2.29. The maximum Gasteiger partial charge on any atom is 0.107 e. The Balaban J connectivity index is 0.000000383. The van der Waals surface area contributed by atoms with Crippen LogP contribution in [0.5, 0.6) is 0 Å². The number of aliphatic carboxylic acids is 1. The van der Waals surface area contributed by atoms with E-state index in [2.05, 4.69) is 18.5 Å². The molecular weight excluding hydrogens is 266 g/mol. The zero-order valence-corrected chi connectivity index (χ0v) is 12.8. The van der Waals surface area contributed by atoms with Crippen LogP contribution in [0, 0.1) is 5.92 Å². The average molecular weight is 290 g/mol. The lowest BCUT2D eigenvalue weighted by molar-refractivity contribution is -0.305. The van der Waals surface area contributed by atoms with E-state index in [9.17, 15) is 15.0 Å². The lowest BCUT2D eigenvalue weighted by Crippen LogP contribution is -2.34. The summed E-state index contributed by atoms with van der Waals surface area (Å²) in [5, 5.41) is 20.1. The summed E-state index contributed by atoms with van der Waals surface area (Å²) in [6.45, 7) is 6.95. The molecule has 1 aromatic rings. The smallest absolute Gasteiger partial charge is 0.107 e. The van der Waals surface area contributed by atoms with Gasteiger partial charge in [0.15, 0.2) is 0 Å². The highest BCUT2D eigenvalue weighted by Gasteiger charge is 2.44. The topological polar surface area (TPSA) is 63.6 Å². The molecule has 0 radical (unpaired) electrons. The van der Waals surface area contributed by atoms with Gasteiger partial charge in [0.05, 0.1) is 0 Å². The summed E-state index contributed by atoms with van der Waals surface area (Å²) >= 11 is 0. The van der Waals surface area contributed by atoms with Gasteiger partial charge in [-0.3, -0.25) is 0 Å². The van der Waals surface area contributed by atoms with Crippen LogP contribution in [0.15, 0.2) is 43.0 Å².